The van der Waals surface area contributed by atoms with Gasteiger partial charge in [-0.05, 0) is 64.7 Å². The van der Waals surface area contributed by atoms with Crippen molar-refractivity contribution in [3.05, 3.63) is 11.1 Å². The molecule has 0 atom stereocenters. The molecule has 1 heterocycles. The van der Waals surface area contributed by atoms with E-state index in [4.69, 9.17) is 38.7 Å². The first-order valence-electron chi connectivity index (χ1n) is 14.3. The Morgan fingerprint density at radius 1 is 0.608 bits per heavy atom. The van der Waals surface area contributed by atoms with Gasteiger partial charge in [0, 0.05) is 13.1 Å². The van der Waals surface area contributed by atoms with Gasteiger partial charge in [-0.2, -0.15) is 26.3 Å². The number of alkyl halides is 6. The Labute approximate surface area is 311 Å². The van der Waals surface area contributed by atoms with E-state index in [-0.39, 0.29) is 0 Å². The molecule has 1 aromatic heterocycles. The standard InChI is InChI=1S/C26H38N2O4S5.2C2HF3O2/c1-27(2)13-11-15-21(33-9)18(30-6)20(32-8)26-23(15)35-25-19(31-7)17(29-5)22(34-10)16(12-14-28(3)4)24(25)36-37-26;2*3-2(4,5)1(6)7/h11-14H2,1-10H3;2*(H,6,7). The van der Waals surface area contributed by atoms with Gasteiger partial charge >= 0.3 is 24.3 Å². The molecule has 10 nitrogen and oxygen atoms in total. The minimum absolute atomic E-state index is 0.791. The number of methoxy groups -OCH3 is 4. The molecule has 0 fully saturated rings. The Bertz CT molecular complexity index is 1660. The third-order valence-electron chi connectivity index (χ3n) is 6.49. The van der Waals surface area contributed by atoms with Crippen LogP contribution in [0.3, 0.4) is 0 Å². The van der Waals surface area contributed by atoms with Crippen LogP contribution in [-0.2, 0) is 22.4 Å². The molecule has 2 N–H and O–H groups in total. The predicted molar refractivity (Wildman–Crippen MR) is 194 cm³/mol. The molecule has 0 saturated carbocycles. The lowest BCUT2D eigenvalue weighted by atomic mass is 10.1. The van der Waals surface area contributed by atoms with E-state index < -0.39 is 24.3 Å². The van der Waals surface area contributed by atoms with Crippen LogP contribution >= 0.6 is 55.5 Å². The lowest BCUT2D eigenvalue weighted by Crippen LogP contribution is -2.21. The quantitative estimate of drug-likeness (QED) is 0.104. The molecule has 21 heteroatoms. The number of likely N-dealkylation sites (N-methyl/N-ethyl adjacent to an activating group) is 2. The van der Waals surface area contributed by atoms with Crippen LogP contribution in [0.5, 0.6) is 23.0 Å². The second-order valence-corrected chi connectivity index (χ2v) is 15.3. The number of carboxylic acids is 2. The van der Waals surface area contributed by atoms with Crippen LogP contribution in [0, 0.1) is 0 Å². The molecule has 2 aromatic carbocycles. The summed E-state index contributed by atoms with van der Waals surface area (Å²) in [5.74, 6) is -2.31. The second-order valence-electron chi connectivity index (χ2n) is 10.5. The number of halogens is 6. The van der Waals surface area contributed by atoms with Crippen LogP contribution in [0.15, 0.2) is 9.79 Å². The van der Waals surface area contributed by atoms with E-state index in [1.165, 1.54) is 20.5 Å². The number of ether oxygens (including phenoxy) is 4. The first-order valence-corrected chi connectivity index (χ1v) is 19.7. The SMILES string of the molecule is COc1c(SC)c(CCN(C)C)c2sc3c(OC)c(OC)c(SC)c(CCN(C)C)c3ssc2c1OC.O=C(O)C(F)(F)F.O=C(O)C(F)(F)F. The summed E-state index contributed by atoms with van der Waals surface area (Å²) in [7, 11) is 18.9. The van der Waals surface area contributed by atoms with E-state index in [0.29, 0.717) is 0 Å². The van der Waals surface area contributed by atoms with Gasteiger partial charge in [0.1, 0.15) is 4.70 Å². The maximum atomic E-state index is 10.6. The highest BCUT2D eigenvalue weighted by Gasteiger charge is 2.39. The number of hydrogen-bond acceptors (Lipinski definition) is 13. The molecule has 0 amide bonds. The van der Waals surface area contributed by atoms with Crippen molar-refractivity contribution >= 4 is 86.3 Å². The lowest BCUT2D eigenvalue weighted by Gasteiger charge is -2.20. The highest BCUT2D eigenvalue weighted by atomic mass is 32.9. The summed E-state index contributed by atoms with van der Waals surface area (Å²) in [5, 5.41) is 14.2. The molecule has 0 bridgehead atoms. The van der Waals surface area contributed by atoms with E-state index >= 15 is 0 Å². The Morgan fingerprint density at radius 3 is 1.22 bits per heavy atom. The summed E-state index contributed by atoms with van der Waals surface area (Å²) < 4.78 is 92.1. The van der Waals surface area contributed by atoms with Gasteiger partial charge < -0.3 is 39.0 Å². The van der Waals surface area contributed by atoms with Gasteiger partial charge in [0.25, 0.3) is 0 Å². The van der Waals surface area contributed by atoms with Crippen molar-refractivity contribution in [3.63, 3.8) is 0 Å². The number of thioether (sulfide) groups is 2. The number of fused-ring (bicyclic) bond motifs is 2. The third kappa shape index (κ3) is 12.5. The zero-order valence-electron chi connectivity index (χ0n) is 29.4. The fourth-order valence-electron chi connectivity index (χ4n) is 4.22. The molecule has 0 aliphatic rings. The van der Waals surface area contributed by atoms with Crippen molar-refractivity contribution in [2.45, 2.75) is 35.0 Å². The molecule has 0 unspecified atom stereocenters. The summed E-state index contributed by atoms with van der Waals surface area (Å²) >= 11 is 5.20. The topological polar surface area (TPSA) is 118 Å². The summed E-state index contributed by atoms with van der Waals surface area (Å²) in [5.41, 5.74) is 2.59. The average Bonchev–Trinajstić information content (AvgIpc) is 3.24. The van der Waals surface area contributed by atoms with Gasteiger partial charge in [-0.3, -0.25) is 0 Å². The first kappa shape index (κ1) is 46.5. The molecule has 0 radical (unpaired) electrons. The maximum absolute atomic E-state index is 10.6. The first-order chi connectivity index (χ1) is 23.7. The summed E-state index contributed by atoms with van der Waals surface area (Å²) in [6, 6.07) is 0. The number of nitrogens with zero attached hydrogens (tertiary/aromatic N) is 2. The van der Waals surface area contributed by atoms with E-state index in [2.05, 4.69) is 50.5 Å². The van der Waals surface area contributed by atoms with Crippen molar-refractivity contribution in [3.8, 4) is 23.0 Å². The Hall–Kier alpha value is -2.56. The van der Waals surface area contributed by atoms with E-state index in [1.807, 2.05) is 0 Å². The van der Waals surface area contributed by atoms with E-state index in [1.54, 1.807) is 84.0 Å². The zero-order chi connectivity index (χ0) is 39.4. The molecule has 0 aliphatic heterocycles. The molecular weight excluding hydrogens is 791 g/mol. The van der Waals surface area contributed by atoms with Crippen molar-refractivity contribution in [2.24, 2.45) is 0 Å². The molecule has 0 spiro atoms. The summed E-state index contributed by atoms with van der Waals surface area (Å²) in [6.45, 7) is 1.88. The predicted octanol–water partition coefficient (Wildman–Crippen LogP) is 8.25. The molecule has 0 aliphatic carbocycles. The average molecular weight is 831 g/mol. The fraction of sp³-hybridized carbons (Fsp3) is 0.533. The highest BCUT2D eigenvalue weighted by Crippen LogP contribution is 2.54. The van der Waals surface area contributed by atoms with Crippen molar-refractivity contribution in [2.75, 3.05) is 82.2 Å². The molecular formula is C30H40F6N2O8S5. The Balaban J connectivity index is 0.000000780. The normalized spacial score (nSPS) is 11.5. The number of benzene rings is 2. The van der Waals surface area contributed by atoms with Gasteiger partial charge in [0.05, 0.1) is 52.3 Å². The smallest absolute Gasteiger partial charge is 0.490 e. The van der Waals surface area contributed by atoms with E-state index in [9.17, 15) is 26.3 Å². The van der Waals surface area contributed by atoms with Gasteiger partial charge in [0.2, 0.25) is 0 Å². The highest BCUT2D eigenvalue weighted by molar-refractivity contribution is 7.99. The van der Waals surface area contributed by atoms with Crippen molar-refractivity contribution < 1.29 is 65.1 Å². The monoisotopic (exact) mass is 830 g/mol. The number of carbonyl (C=O) groups is 2. The molecule has 3 rings (SSSR count). The summed E-state index contributed by atoms with van der Waals surface area (Å²) in [4.78, 5) is 24.5. The molecule has 290 valence electrons. The minimum Gasteiger partial charge on any atom is -0.492 e. The lowest BCUT2D eigenvalue weighted by molar-refractivity contribution is -0.193. The fourth-order valence-corrected chi connectivity index (χ4v) is 10.6. The van der Waals surface area contributed by atoms with Gasteiger partial charge in [0.15, 0.2) is 23.0 Å². The van der Waals surface area contributed by atoms with Crippen LogP contribution in [-0.4, -0.2) is 127 Å². The molecule has 0 saturated heterocycles. The molecule has 3 aromatic rings. The third-order valence-corrected chi connectivity index (χ3v) is 12.2. The van der Waals surface area contributed by atoms with Gasteiger partial charge in [-0.1, -0.05) is 20.7 Å². The van der Waals surface area contributed by atoms with Crippen LogP contribution in [0.1, 0.15) is 11.1 Å². The summed E-state index contributed by atoms with van der Waals surface area (Å²) in [6.07, 6.45) is -4.14. The van der Waals surface area contributed by atoms with Gasteiger partial charge in [-0.15, -0.1) is 34.9 Å². The zero-order valence-corrected chi connectivity index (χ0v) is 33.5. The Morgan fingerprint density at radius 2 is 0.922 bits per heavy atom. The number of rotatable bonds is 12. The maximum Gasteiger partial charge on any atom is 0.490 e. The van der Waals surface area contributed by atoms with Crippen molar-refractivity contribution in [1.29, 1.82) is 0 Å². The van der Waals surface area contributed by atoms with Crippen molar-refractivity contribution in [1.82, 2.24) is 9.80 Å². The number of carboxylic acid groups (broad SMARTS) is 2. The second kappa shape index (κ2) is 20.6. The largest absolute Gasteiger partial charge is 0.492 e. The molecule has 51 heavy (non-hydrogen) atoms. The van der Waals surface area contributed by atoms with Gasteiger partial charge in [-0.25, -0.2) is 9.59 Å². The van der Waals surface area contributed by atoms with E-state index in [0.717, 1.165) is 68.1 Å². The van der Waals surface area contributed by atoms with Crippen LogP contribution < -0.4 is 18.9 Å². The Kier molecular flexibility index (Phi) is 18.8. The van der Waals surface area contributed by atoms with Crippen LogP contribution in [0.4, 0.5) is 26.3 Å². The number of hydrogen-bond donors (Lipinski definition) is 2. The van der Waals surface area contributed by atoms with Crippen LogP contribution in [0.2, 0.25) is 0 Å². The minimum atomic E-state index is -5.08. The number of aliphatic carboxylic acids is 2. The van der Waals surface area contributed by atoms with Crippen LogP contribution in [0.25, 0.3) is 18.8 Å².